The molecule has 2 heterocycles. The monoisotopic (exact) mass is 196 g/mol. The van der Waals surface area contributed by atoms with Crippen LogP contribution in [0.2, 0.25) is 0 Å². The van der Waals surface area contributed by atoms with Crippen molar-refractivity contribution in [2.75, 3.05) is 5.75 Å². The molecule has 0 amide bonds. The summed E-state index contributed by atoms with van der Waals surface area (Å²) in [5.41, 5.74) is 0.998. The summed E-state index contributed by atoms with van der Waals surface area (Å²) in [7, 11) is 0. The van der Waals surface area contributed by atoms with E-state index in [1.54, 1.807) is 24.3 Å². The number of hydrogen-bond donors (Lipinski definition) is 0. The number of Topliss-reactive ketones (excluding diaryl/α,β-unsaturated/α-hetero) is 1. The SMILES string of the molecule is O=C(Cc1ccoc1)C1CCCS1. The van der Waals surface area contributed by atoms with Crippen molar-refractivity contribution in [1.82, 2.24) is 0 Å². The number of carbonyl (C=O) groups is 1. The van der Waals surface area contributed by atoms with Gasteiger partial charge in [0.25, 0.3) is 0 Å². The predicted molar refractivity (Wildman–Crippen MR) is 52.9 cm³/mol. The average Bonchev–Trinajstić information content (AvgIpc) is 2.74. The molecule has 0 spiro atoms. The van der Waals surface area contributed by atoms with E-state index >= 15 is 0 Å². The van der Waals surface area contributed by atoms with Crippen LogP contribution in [0.15, 0.2) is 23.0 Å². The fourth-order valence-corrected chi connectivity index (χ4v) is 2.76. The number of hydrogen-bond acceptors (Lipinski definition) is 3. The topological polar surface area (TPSA) is 30.2 Å². The number of rotatable bonds is 3. The van der Waals surface area contributed by atoms with Crippen molar-refractivity contribution < 1.29 is 9.21 Å². The predicted octanol–water partition coefficient (Wildman–Crippen LogP) is 2.29. The van der Waals surface area contributed by atoms with Gasteiger partial charge in [-0.1, -0.05) is 0 Å². The van der Waals surface area contributed by atoms with Gasteiger partial charge in [0.05, 0.1) is 17.8 Å². The largest absolute Gasteiger partial charge is 0.472 e. The van der Waals surface area contributed by atoms with Crippen LogP contribution < -0.4 is 0 Å². The van der Waals surface area contributed by atoms with E-state index in [1.165, 1.54) is 6.42 Å². The molecule has 1 atom stereocenters. The summed E-state index contributed by atoms with van der Waals surface area (Å²) in [6.07, 6.45) is 6.05. The molecule has 1 aromatic heterocycles. The fourth-order valence-electron chi connectivity index (χ4n) is 1.54. The van der Waals surface area contributed by atoms with E-state index in [1.807, 2.05) is 6.07 Å². The van der Waals surface area contributed by atoms with Gasteiger partial charge in [0.15, 0.2) is 0 Å². The maximum Gasteiger partial charge on any atom is 0.150 e. The van der Waals surface area contributed by atoms with Crippen molar-refractivity contribution in [1.29, 1.82) is 0 Å². The zero-order valence-corrected chi connectivity index (χ0v) is 8.18. The lowest BCUT2D eigenvalue weighted by molar-refractivity contribution is -0.117. The maximum atomic E-state index is 11.7. The first-order valence-corrected chi connectivity index (χ1v) is 5.56. The van der Waals surface area contributed by atoms with Crippen LogP contribution >= 0.6 is 11.8 Å². The van der Waals surface area contributed by atoms with Gasteiger partial charge in [-0.05, 0) is 30.2 Å². The van der Waals surface area contributed by atoms with Gasteiger partial charge < -0.3 is 4.42 Å². The summed E-state index contributed by atoms with van der Waals surface area (Å²) in [4.78, 5) is 11.7. The second kappa shape index (κ2) is 4.01. The van der Waals surface area contributed by atoms with Gasteiger partial charge in [-0.25, -0.2) is 0 Å². The third-order valence-corrected chi connectivity index (χ3v) is 3.67. The third kappa shape index (κ3) is 2.15. The van der Waals surface area contributed by atoms with Crippen molar-refractivity contribution in [2.45, 2.75) is 24.5 Å². The van der Waals surface area contributed by atoms with Crippen LogP contribution in [0.1, 0.15) is 18.4 Å². The van der Waals surface area contributed by atoms with Crippen LogP contribution in [0.25, 0.3) is 0 Å². The molecular formula is C10H12O2S. The molecule has 0 bridgehead atoms. The first-order valence-electron chi connectivity index (χ1n) is 4.51. The van der Waals surface area contributed by atoms with Crippen molar-refractivity contribution in [3.63, 3.8) is 0 Å². The molecule has 0 saturated carbocycles. The Kier molecular flexibility index (Phi) is 2.74. The molecule has 70 valence electrons. The van der Waals surface area contributed by atoms with E-state index in [4.69, 9.17) is 4.42 Å². The minimum Gasteiger partial charge on any atom is -0.472 e. The highest BCUT2D eigenvalue weighted by Crippen LogP contribution is 2.27. The average molecular weight is 196 g/mol. The number of ketones is 1. The molecule has 0 aliphatic carbocycles. The molecule has 1 aromatic rings. The Bertz CT molecular complexity index is 273. The Labute approximate surface area is 81.7 Å². The van der Waals surface area contributed by atoms with E-state index in [0.717, 1.165) is 17.7 Å². The van der Waals surface area contributed by atoms with Gasteiger partial charge in [0.1, 0.15) is 5.78 Å². The highest BCUT2D eigenvalue weighted by Gasteiger charge is 2.23. The van der Waals surface area contributed by atoms with Crippen LogP contribution in [0.5, 0.6) is 0 Å². The van der Waals surface area contributed by atoms with Crippen LogP contribution in [0.4, 0.5) is 0 Å². The molecular weight excluding hydrogens is 184 g/mol. The summed E-state index contributed by atoms with van der Waals surface area (Å²) in [6, 6.07) is 1.86. The molecule has 1 saturated heterocycles. The molecule has 2 nitrogen and oxygen atoms in total. The standard InChI is InChI=1S/C10H12O2S/c11-9(10-2-1-5-13-10)6-8-3-4-12-7-8/h3-4,7,10H,1-2,5-6H2. The smallest absolute Gasteiger partial charge is 0.150 e. The molecule has 1 fully saturated rings. The molecule has 0 N–H and O–H groups in total. The van der Waals surface area contributed by atoms with E-state index in [2.05, 4.69) is 0 Å². The van der Waals surface area contributed by atoms with Crippen LogP contribution in [-0.2, 0) is 11.2 Å². The molecule has 1 unspecified atom stereocenters. The molecule has 0 aromatic carbocycles. The summed E-state index contributed by atoms with van der Waals surface area (Å²) >= 11 is 1.79. The zero-order valence-electron chi connectivity index (χ0n) is 7.36. The Morgan fingerprint density at radius 2 is 2.62 bits per heavy atom. The Morgan fingerprint density at radius 3 is 3.23 bits per heavy atom. The lowest BCUT2D eigenvalue weighted by Gasteiger charge is -2.04. The number of thioether (sulfide) groups is 1. The highest BCUT2D eigenvalue weighted by molar-refractivity contribution is 8.00. The van der Waals surface area contributed by atoms with Gasteiger partial charge in [0.2, 0.25) is 0 Å². The van der Waals surface area contributed by atoms with Gasteiger partial charge in [-0.3, -0.25) is 4.79 Å². The quantitative estimate of drug-likeness (QED) is 0.743. The van der Waals surface area contributed by atoms with Gasteiger partial charge in [-0.2, -0.15) is 11.8 Å². The van der Waals surface area contributed by atoms with Crippen molar-refractivity contribution in [3.8, 4) is 0 Å². The normalized spacial score (nSPS) is 22.0. The summed E-state index contributed by atoms with van der Waals surface area (Å²) in [5.74, 6) is 1.49. The number of furan rings is 1. The highest BCUT2D eigenvalue weighted by atomic mass is 32.2. The van der Waals surface area contributed by atoms with E-state index < -0.39 is 0 Å². The molecule has 1 aliphatic rings. The summed E-state index contributed by atoms with van der Waals surface area (Å²) in [5, 5.41) is 0.245. The molecule has 0 radical (unpaired) electrons. The number of carbonyl (C=O) groups excluding carboxylic acids is 1. The van der Waals surface area contributed by atoms with Crippen molar-refractivity contribution in [3.05, 3.63) is 24.2 Å². The molecule has 1 aliphatic heterocycles. The van der Waals surface area contributed by atoms with Gasteiger partial charge in [0, 0.05) is 6.42 Å². The van der Waals surface area contributed by atoms with Gasteiger partial charge in [-0.15, -0.1) is 0 Å². The first-order chi connectivity index (χ1) is 6.36. The van der Waals surface area contributed by atoms with E-state index in [0.29, 0.717) is 12.2 Å². The lowest BCUT2D eigenvalue weighted by atomic mass is 10.1. The Morgan fingerprint density at radius 1 is 1.69 bits per heavy atom. The second-order valence-electron chi connectivity index (χ2n) is 3.28. The summed E-state index contributed by atoms with van der Waals surface area (Å²) in [6.45, 7) is 0. The van der Waals surface area contributed by atoms with Crippen LogP contribution in [-0.4, -0.2) is 16.8 Å². The van der Waals surface area contributed by atoms with Crippen LogP contribution in [0, 0.1) is 0 Å². The molecule has 13 heavy (non-hydrogen) atoms. The fraction of sp³-hybridized carbons (Fsp3) is 0.500. The maximum absolute atomic E-state index is 11.7. The molecule has 3 heteroatoms. The minimum atomic E-state index is 0.245. The Balaban J connectivity index is 1.91. The van der Waals surface area contributed by atoms with E-state index in [-0.39, 0.29) is 5.25 Å². The van der Waals surface area contributed by atoms with Crippen LogP contribution in [0.3, 0.4) is 0 Å². The van der Waals surface area contributed by atoms with Gasteiger partial charge >= 0.3 is 0 Å². The Hall–Kier alpha value is -0.700. The minimum absolute atomic E-state index is 0.245. The lowest BCUT2D eigenvalue weighted by Crippen LogP contribution is -2.15. The first kappa shape index (κ1) is 8.88. The van der Waals surface area contributed by atoms with Crippen molar-refractivity contribution >= 4 is 17.5 Å². The third-order valence-electron chi connectivity index (χ3n) is 2.25. The molecule has 2 rings (SSSR count). The zero-order chi connectivity index (χ0) is 9.10. The second-order valence-corrected chi connectivity index (χ2v) is 4.59. The summed E-state index contributed by atoms with van der Waals surface area (Å²) < 4.78 is 4.92. The van der Waals surface area contributed by atoms with E-state index in [9.17, 15) is 4.79 Å². The van der Waals surface area contributed by atoms with Crippen molar-refractivity contribution in [2.24, 2.45) is 0 Å².